The monoisotopic (exact) mass is 509 g/mol. The lowest BCUT2D eigenvalue weighted by Crippen LogP contribution is -2.44. The van der Waals surface area contributed by atoms with Crippen LogP contribution in [0.25, 0.3) is 0 Å². The molecule has 0 N–H and O–H groups in total. The molecule has 0 amide bonds. The van der Waals surface area contributed by atoms with E-state index in [0.717, 1.165) is 0 Å². The summed E-state index contributed by atoms with van der Waals surface area (Å²) in [6.45, 7) is 10.6. The quantitative estimate of drug-likeness (QED) is 0.137. The second-order valence-corrected chi connectivity index (χ2v) is 13.9. The van der Waals surface area contributed by atoms with Crippen molar-refractivity contribution in [2.75, 3.05) is 7.11 Å². The van der Waals surface area contributed by atoms with E-state index in [9.17, 15) is 14.9 Å². The minimum Gasteiger partial charge on any atom is -0.543 e. The average molecular weight is 510 g/mol. The highest BCUT2D eigenvalue weighted by Gasteiger charge is 2.40. The number of ether oxygens (including phenoxy) is 2. The summed E-state index contributed by atoms with van der Waals surface area (Å²) in [5.74, 6) is 0.508. The Morgan fingerprint density at radius 3 is 2.26 bits per heavy atom. The summed E-state index contributed by atoms with van der Waals surface area (Å²) in [6.07, 6.45) is 0. The van der Waals surface area contributed by atoms with Crippen molar-refractivity contribution < 1.29 is 23.6 Å². The molecule has 0 aliphatic carbocycles. The van der Waals surface area contributed by atoms with Crippen molar-refractivity contribution in [3.63, 3.8) is 0 Å². The Hall–Kier alpha value is -2.39. The summed E-state index contributed by atoms with van der Waals surface area (Å²) in [5.41, 5.74) is 1.68. The number of alkyl halides is 1. The SMILES string of the molecule is COc1cc(CBr)c(C(=O)OCc2ccc([N+](=O)[O-])cc2)c(O[Si](C)(C)C(C)(C)C)c1. The zero-order valence-electron chi connectivity index (χ0n) is 18.7. The molecule has 0 fully saturated rings. The molecule has 2 rings (SSSR count). The van der Waals surface area contributed by atoms with Gasteiger partial charge in [0.15, 0.2) is 0 Å². The van der Waals surface area contributed by atoms with Gasteiger partial charge in [-0.1, -0.05) is 36.7 Å². The zero-order valence-corrected chi connectivity index (χ0v) is 21.2. The number of nitrogens with zero attached hydrogens (tertiary/aromatic N) is 1. The Morgan fingerprint density at radius 1 is 1.16 bits per heavy atom. The topological polar surface area (TPSA) is 87.9 Å². The van der Waals surface area contributed by atoms with Crippen molar-refractivity contribution >= 4 is 35.9 Å². The summed E-state index contributed by atoms with van der Waals surface area (Å²) >= 11 is 3.44. The van der Waals surface area contributed by atoms with Crippen LogP contribution in [0.15, 0.2) is 36.4 Å². The molecule has 0 unspecified atom stereocenters. The molecule has 0 spiro atoms. The highest BCUT2D eigenvalue weighted by Crippen LogP contribution is 2.40. The van der Waals surface area contributed by atoms with Gasteiger partial charge >= 0.3 is 5.97 Å². The molecule has 9 heteroatoms. The first-order chi connectivity index (χ1) is 14.4. The first-order valence-corrected chi connectivity index (χ1v) is 13.8. The van der Waals surface area contributed by atoms with Crippen LogP contribution in [-0.2, 0) is 16.7 Å². The molecule has 0 aromatic heterocycles. The number of esters is 1. The standard InChI is InChI=1S/C22H28BrNO6Si/c1-22(2,3)31(5,6)30-19-12-18(28-4)11-16(13-23)20(19)21(25)29-14-15-7-9-17(10-8-15)24(26)27/h7-12H,13-14H2,1-6H3. The molecule has 0 aliphatic heterocycles. The van der Waals surface area contributed by atoms with E-state index in [0.29, 0.717) is 33.5 Å². The number of carbonyl (C=O) groups is 1. The van der Waals surface area contributed by atoms with E-state index in [1.807, 2.05) is 0 Å². The van der Waals surface area contributed by atoms with Crippen LogP contribution in [0.2, 0.25) is 18.1 Å². The number of nitro groups is 1. The second kappa shape index (κ2) is 9.82. The molecule has 0 saturated heterocycles. The lowest BCUT2D eigenvalue weighted by molar-refractivity contribution is -0.384. The molecular formula is C22H28BrNO6Si. The fourth-order valence-electron chi connectivity index (χ4n) is 2.54. The maximum Gasteiger partial charge on any atom is 0.342 e. The van der Waals surface area contributed by atoms with Crippen LogP contribution < -0.4 is 9.16 Å². The van der Waals surface area contributed by atoms with Gasteiger partial charge in [-0.25, -0.2) is 4.79 Å². The first-order valence-electron chi connectivity index (χ1n) is 9.76. The van der Waals surface area contributed by atoms with E-state index in [1.54, 1.807) is 31.4 Å². The van der Waals surface area contributed by atoms with Crippen LogP contribution >= 0.6 is 15.9 Å². The highest BCUT2D eigenvalue weighted by atomic mass is 79.9. The van der Waals surface area contributed by atoms with Crippen molar-refractivity contribution in [1.82, 2.24) is 0 Å². The van der Waals surface area contributed by atoms with Gasteiger partial charge in [-0.05, 0) is 47.5 Å². The number of nitro benzene ring substituents is 1. The number of rotatable bonds is 8. The Morgan fingerprint density at radius 2 is 1.77 bits per heavy atom. The average Bonchev–Trinajstić information content (AvgIpc) is 2.70. The van der Waals surface area contributed by atoms with E-state index in [4.69, 9.17) is 13.9 Å². The third-order valence-electron chi connectivity index (χ3n) is 5.43. The van der Waals surface area contributed by atoms with Crippen LogP contribution in [0.5, 0.6) is 11.5 Å². The lowest BCUT2D eigenvalue weighted by Gasteiger charge is -2.37. The third-order valence-corrected chi connectivity index (χ3v) is 10.4. The Balaban J connectivity index is 2.36. The molecule has 2 aromatic carbocycles. The van der Waals surface area contributed by atoms with Crippen molar-refractivity contribution in [3.8, 4) is 11.5 Å². The number of non-ortho nitro benzene ring substituents is 1. The lowest BCUT2D eigenvalue weighted by atomic mass is 10.1. The normalized spacial score (nSPS) is 11.7. The largest absolute Gasteiger partial charge is 0.543 e. The minimum atomic E-state index is -2.24. The Kier molecular flexibility index (Phi) is 7.88. The molecule has 0 heterocycles. The van der Waals surface area contributed by atoms with Crippen molar-refractivity contribution in [2.45, 2.75) is 50.8 Å². The molecule has 0 atom stereocenters. The maximum absolute atomic E-state index is 13.1. The summed E-state index contributed by atoms with van der Waals surface area (Å²) in [5, 5.41) is 11.2. The molecule has 0 saturated carbocycles. The van der Waals surface area contributed by atoms with Crippen LogP contribution in [0.1, 0.15) is 42.3 Å². The first kappa shape index (κ1) is 24.9. The third kappa shape index (κ3) is 6.07. The number of benzene rings is 2. The summed E-state index contributed by atoms with van der Waals surface area (Å²) in [6, 6.07) is 9.39. The number of carbonyl (C=O) groups excluding carboxylic acids is 1. The van der Waals surface area contributed by atoms with Gasteiger partial charge in [0.25, 0.3) is 14.0 Å². The van der Waals surface area contributed by atoms with Crippen molar-refractivity contribution in [1.29, 1.82) is 0 Å². The van der Waals surface area contributed by atoms with Gasteiger partial charge in [-0.3, -0.25) is 10.1 Å². The van der Waals surface area contributed by atoms with Gasteiger partial charge < -0.3 is 13.9 Å². The zero-order chi connectivity index (χ0) is 23.4. The summed E-state index contributed by atoms with van der Waals surface area (Å²) < 4.78 is 17.4. The van der Waals surface area contributed by atoms with Crippen LogP contribution in [0.3, 0.4) is 0 Å². The minimum absolute atomic E-state index is 0.00981. The molecule has 0 aliphatic rings. The summed E-state index contributed by atoms with van der Waals surface area (Å²) in [4.78, 5) is 23.4. The summed E-state index contributed by atoms with van der Waals surface area (Å²) in [7, 11) is -0.675. The fraction of sp³-hybridized carbons (Fsp3) is 0.409. The van der Waals surface area contributed by atoms with Gasteiger partial charge in [0.05, 0.1) is 12.0 Å². The molecule has 31 heavy (non-hydrogen) atoms. The van der Waals surface area contributed by atoms with Crippen molar-refractivity contribution in [3.05, 3.63) is 63.2 Å². The van der Waals surface area contributed by atoms with Crippen LogP contribution in [-0.4, -0.2) is 26.3 Å². The van der Waals surface area contributed by atoms with Crippen LogP contribution in [0, 0.1) is 10.1 Å². The van der Waals surface area contributed by atoms with Gasteiger partial charge in [0.1, 0.15) is 23.7 Å². The van der Waals surface area contributed by atoms with E-state index in [-0.39, 0.29) is 17.3 Å². The van der Waals surface area contributed by atoms with E-state index in [1.165, 1.54) is 12.1 Å². The Labute approximate surface area is 192 Å². The second-order valence-electron chi connectivity index (χ2n) is 8.66. The van der Waals surface area contributed by atoms with E-state index >= 15 is 0 Å². The predicted octanol–water partition coefficient (Wildman–Crippen LogP) is 6.24. The van der Waals surface area contributed by atoms with Gasteiger partial charge in [0.2, 0.25) is 0 Å². The van der Waals surface area contributed by atoms with Gasteiger partial charge in [-0.15, -0.1) is 0 Å². The molecule has 7 nitrogen and oxygen atoms in total. The van der Waals surface area contributed by atoms with E-state index < -0.39 is 19.2 Å². The van der Waals surface area contributed by atoms with Crippen LogP contribution in [0.4, 0.5) is 5.69 Å². The van der Waals surface area contributed by atoms with E-state index in [2.05, 4.69) is 49.8 Å². The highest BCUT2D eigenvalue weighted by molar-refractivity contribution is 9.08. The number of methoxy groups -OCH3 is 1. The molecule has 2 aromatic rings. The smallest absolute Gasteiger partial charge is 0.342 e. The van der Waals surface area contributed by atoms with Crippen molar-refractivity contribution in [2.24, 2.45) is 0 Å². The fourth-order valence-corrected chi connectivity index (χ4v) is 4.00. The number of hydrogen-bond acceptors (Lipinski definition) is 6. The molecule has 168 valence electrons. The Bertz CT molecular complexity index is 954. The molecule has 0 radical (unpaired) electrons. The molecular weight excluding hydrogens is 482 g/mol. The number of halogens is 1. The van der Waals surface area contributed by atoms with Gasteiger partial charge in [0, 0.05) is 23.5 Å². The number of hydrogen-bond donors (Lipinski definition) is 0. The van der Waals surface area contributed by atoms with Gasteiger partial charge in [-0.2, -0.15) is 0 Å². The predicted molar refractivity (Wildman–Crippen MR) is 126 cm³/mol. The molecule has 0 bridgehead atoms. The maximum atomic E-state index is 13.1.